The van der Waals surface area contributed by atoms with Crippen molar-refractivity contribution in [2.75, 3.05) is 18.8 Å². The van der Waals surface area contributed by atoms with Gasteiger partial charge in [-0.1, -0.05) is 6.58 Å². The third-order valence-electron chi connectivity index (χ3n) is 5.68. The van der Waals surface area contributed by atoms with Crippen LogP contribution >= 0.6 is 15.9 Å². The largest absolute Gasteiger partial charge is 0.457 e. The monoisotopic (exact) mass is 550 g/mol. The Kier molecular flexibility index (Phi) is 7.84. The second-order valence-electron chi connectivity index (χ2n) is 8.25. The van der Waals surface area contributed by atoms with Crippen LogP contribution in [0.5, 0.6) is 11.5 Å². The van der Waals surface area contributed by atoms with Crippen LogP contribution in [0.3, 0.4) is 0 Å². The van der Waals surface area contributed by atoms with Crippen LogP contribution in [-0.4, -0.2) is 45.8 Å². The molecule has 1 aliphatic rings. The van der Waals surface area contributed by atoms with Crippen LogP contribution in [-0.2, 0) is 4.79 Å². The maximum atomic E-state index is 13.1. The number of aromatic nitrogens is 2. The number of halogens is 2. The standard InChI is InChI=1S/C26H24BrFN6O2/c1-16(27)26(35)34-12-2-3-17(14-34)13-31-25-22(24(30)32-15-33-25)23(29)18-4-8-20(9-5-18)36-21-10-6-19(28)7-11-21/h4-11,13,15,17,29H,1-3,12,14H2,(H2,30,32,33). The van der Waals surface area contributed by atoms with Crippen LogP contribution in [0.25, 0.3) is 0 Å². The van der Waals surface area contributed by atoms with Gasteiger partial charge in [0.05, 0.1) is 15.8 Å². The molecule has 1 amide bonds. The summed E-state index contributed by atoms with van der Waals surface area (Å²) in [7, 11) is 0. The van der Waals surface area contributed by atoms with Gasteiger partial charge in [-0.25, -0.2) is 19.4 Å². The zero-order chi connectivity index (χ0) is 25.7. The van der Waals surface area contributed by atoms with E-state index in [1.54, 1.807) is 35.4 Å². The maximum absolute atomic E-state index is 13.1. The fraction of sp³-hybridized carbons (Fsp3) is 0.192. The first-order valence-corrected chi connectivity index (χ1v) is 12.0. The lowest BCUT2D eigenvalue weighted by Gasteiger charge is -2.30. The fourth-order valence-electron chi connectivity index (χ4n) is 3.86. The number of carbonyl (C=O) groups excluding carboxylic acids is 1. The lowest BCUT2D eigenvalue weighted by molar-refractivity contribution is -0.127. The molecule has 0 spiro atoms. The van der Waals surface area contributed by atoms with E-state index >= 15 is 0 Å². The minimum absolute atomic E-state index is 0.0377. The average molecular weight is 551 g/mol. The van der Waals surface area contributed by atoms with E-state index < -0.39 is 0 Å². The number of anilines is 1. The summed E-state index contributed by atoms with van der Waals surface area (Å²) in [6.45, 7) is 4.86. The van der Waals surface area contributed by atoms with E-state index in [1.807, 2.05) is 0 Å². The van der Waals surface area contributed by atoms with Crippen molar-refractivity contribution >= 4 is 45.4 Å². The number of amides is 1. The van der Waals surface area contributed by atoms with Crippen molar-refractivity contribution in [2.24, 2.45) is 10.9 Å². The van der Waals surface area contributed by atoms with E-state index in [0.717, 1.165) is 12.8 Å². The van der Waals surface area contributed by atoms with Crippen LogP contribution in [0, 0.1) is 17.1 Å². The molecular formula is C26H24BrFN6O2. The number of nitrogens with zero attached hydrogens (tertiary/aromatic N) is 4. The molecule has 0 aliphatic carbocycles. The number of carbonyl (C=O) groups is 1. The van der Waals surface area contributed by atoms with Crippen LogP contribution in [0.4, 0.5) is 16.0 Å². The second-order valence-corrected chi connectivity index (χ2v) is 9.21. The number of nitrogens with one attached hydrogen (secondary N) is 1. The molecule has 1 aromatic heterocycles. The highest BCUT2D eigenvalue weighted by Gasteiger charge is 2.24. The summed E-state index contributed by atoms with van der Waals surface area (Å²) in [5.41, 5.74) is 7.13. The smallest absolute Gasteiger partial charge is 0.260 e. The number of likely N-dealkylation sites (tertiary alicyclic amines) is 1. The summed E-state index contributed by atoms with van der Waals surface area (Å²) < 4.78 is 19.2. The molecule has 36 heavy (non-hydrogen) atoms. The van der Waals surface area contributed by atoms with Gasteiger partial charge in [-0.15, -0.1) is 0 Å². The highest BCUT2D eigenvalue weighted by Crippen LogP contribution is 2.27. The predicted molar refractivity (Wildman–Crippen MR) is 141 cm³/mol. The third kappa shape index (κ3) is 6.01. The molecule has 184 valence electrons. The number of piperidine rings is 1. The van der Waals surface area contributed by atoms with Crippen molar-refractivity contribution in [1.29, 1.82) is 5.41 Å². The van der Waals surface area contributed by atoms with Crippen LogP contribution in [0.15, 0.2) is 70.9 Å². The number of aliphatic imine (C=N–C) groups is 1. The molecule has 2 aromatic carbocycles. The minimum Gasteiger partial charge on any atom is -0.457 e. The highest BCUT2D eigenvalue weighted by molar-refractivity contribution is 9.12. The predicted octanol–water partition coefficient (Wildman–Crippen LogP) is 5.26. The summed E-state index contributed by atoms with van der Waals surface area (Å²) >= 11 is 3.15. The lowest BCUT2D eigenvalue weighted by atomic mass is 9.99. The molecule has 0 radical (unpaired) electrons. The van der Waals surface area contributed by atoms with Gasteiger partial charge in [0.15, 0.2) is 5.82 Å². The van der Waals surface area contributed by atoms with Gasteiger partial charge in [-0.05, 0) is 77.3 Å². The molecule has 3 aromatic rings. The van der Waals surface area contributed by atoms with Crippen LogP contribution < -0.4 is 10.5 Å². The van der Waals surface area contributed by atoms with Gasteiger partial charge in [0.25, 0.3) is 5.91 Å². The van der Waals surface area contributed by atoms with E-state index in [0.29, 0.717) is 40.2 Å². The molecule has 1 atom stereocenters. The van der Waals surface area contributed by atoms with Crippen molar-refractivity contribution in [3.8, 4) is 11.5 Å². The minimum atomic E-state index is -0.341. The van der Waals surface area contributed by atoms with Gasteiger partial charge < -0.3 is 15.4 Å². The Labute approximate surface area is 216 Å². The normalized spacial score (nSPS) is 15.6. The molecule has 0 bridgehead atoms. The fourth-order valence-corrected chi connectivity index (χ4v) is 4.11. The van der Waals surface area contributed by atoms with Gasteiger partial charge in [-0.2, -0.15) is 0 Å². The van der Waals surface area contributed by atoms with Crippen molar-refractivity contribution in [3.05, 3.63) is 82.9 Å². The van der Waals surface area contributed by atoms with E-state index in [9.17, 15) is 9.18 Å². The van der Waals surface area contributed by atoms with E-state index in [4.69, 9.17) is 15.9 Å². The summed E-state index contributed by atoms with van der Waals surface area (Å²) in [6, 6.07) is 12.6. The topological polar surface area (TPSA) is 118 Å². The number of hydrogen-bond acceptors (Lipinski definition) is 7. The Morgan fingerprint density at radius 2 is 1.86 bits per heavy atom. The van der Waals surface area contributed by atoms with Crippen LogP contribution in [0.1, 0.15) is 24.0 Å². The molecule has 1 saturated heterocycles. The third-order valence-corrected chi connectivity index (χ3v) is 6.02. The number of nitrogens with two attached hydrogens (primary N) is 1. The first-order chi connectivity index (χ1) is 17.3. The molecule has 4 rings (SSSR count). The average Bonchev–Trinajstić information content (AvgIpc) is 2.88. The molecule has 1 aliphatic heterocycles. The van der Waals surface area contributed by atoms with Gasteiger partial charge in [-0.3, -0.25) is 10.2 Å². The highest BCUT2D eigenvalue weighted by atomic mass is 79.9. The van der Waals surface area contributed by atoms with E-state index in [2.05, 4.69) is 37.5 Å². The number of nitrogen functional groups attached to an aromatic ring is 1. The molecule has 1 fully saturated rings. The Bertz CT molecular complexity index is 1310. The maximum Gasteiger partial charge on any atom is 0.260 e. The Morgan fingerprint density at radius 1 is 1.19 bits per heavy atom. The molecule has 2 heterocycles. The lowest BCUT2D eigenvalue weighted by Crippen LogP contribution is -2.40. The zero-order valence-corrected chi connectivity index (χ0v) is 20.9. The van der Waals surface area contributed by atoms with Crippen molar-refractivity contribution in [1.82, 2.24) is 14.9 Å². The number of benzene rings is 2. The van der Waals surface area contributed by atoms with E-state index in [1.165, 1.54) is 30.6 Å². The SMILES string of the molecule is C=C(Br)C(=O)N1CCCC(C=Nc2ncnc(N)c2C(=N)c2ccc(Oc3ccc(F)cc3)cc2)C1. The molecule has 3 N–H and O–H groups in total. The van der Waals surface area contributed by atoms with Crippen LogP contribution in [0.2, 0.25) is 0 Å². The van der Waals surface area contributed by atoms with Gasteiger partial charge >= 0.3 is 0 Å². The molecular weight excluding hydrogens is 527 g/mol. The first kappa shape index (κ1) is 25.2. The second kappa shape index (κ2) is 11.2. The Morgan fingerprint density at radius 3 is 2.53 bits per heavy atom. The first-order valence-electron chi connectivity index (χ1n) is 11.2. The quantitative estimate of drug-likeness (QED) is 0.307. The summed E-state index contributed by atoms with van der Waals surface area (Å²) in [5.74, 6) is 1.03. The summed E-state index contributed by atoms with van der Waals surface area (Å²) in [5, 5.41) is 8.74. The summed E-state index contributed by atoms with van der Waals surface area (Å²) in [4.78, 5) is 26.8. The van der Waals surface area contributed by atoms with Crippen molar-refractivity contribution in [3.63, 3.8) is 0 Å². The number of ether oxygens (including phenoxy) is 1. The molecule has 8 nitrogen and oxygen atoms in total. The van der Waals surface area contributed by atoms with Gasteiger partial charge in [0.2, 0.25) is 0 Å². The van der Waals surface area contributed by atoms with Crippen molar-refractivity contribution < 1.29 is 13.9 Å². The molecule has 10 heteroatoms. The molecule has 0 saturated carbocycles. The van der Waals surface area contributed by atoms with Gasteiger partial charge in [0, 0.05) is 30.8 Å². The van der Waals surface area contributed by atoms with E-state index in [-0.39, 0.29) is 35.0 Å². The van der Waals surface area contributed by atoms with Gasteiger partial charge in [0.1, 0.15) is 29.5 Å². The summed E-state index contributed by atoms with van der Waals surface area (Å²) in [6.07, 6.45) is 4.80. The Balaban J connectivity index is 1.50. The Hall–Kier alpha value is -3.92. The van der Waals surface area contributed by atoms with Crippen molar-refractivity contribution in [2.45, 2.75) is 12.8 Å². The zero-order valence-electron chi connectivity index (χ0n) is 19.3. The number of hydrogen-bond donors (Lipinski definition) is 2. The molecule has 1 unspecified atom stereocenters. The number of rotatable bonds is 7.